The van der Waals surface area contributed by atoms with Gasteiger partial charge < -0.3 is 10.6 Å². The number of rotatable bonds is 10. The highest BCUT2D eigenvalue weighted by Gasteiger charge is 2.13. The minimum absolute atomic E-state index is 0. The fourth-order valence-electron chi connectivity index (χ4n) is 1.88. The molecule has 0 bridgehead atoms. The molecule has 0 aliphatic heterocycles. The monoisotopic (exact) mass is 520 g/mol. The van der Waals surface area contributed by atoms with Crippen LogP contribution < -0.4 is 15.4 Å². The first-order valence-corrected chi connectivity index (χ1v) is 10.9. The lowest BCUT2D eigenvalue weighted by atomic mass is 10.3. The fourth-order valence-corrected chi connectivity index (χ4v) is 3.71. The number of sulfonamides is 1. The number of nitrogens with one attached hydrogen (secondary N) is 3. The van der Waals surface area contributed by atoms with Crippen LogP contribution in [-0.2, 0) is 10.0 Å². The van der Waals surface area contributed by atoms with Crippen molar-refractivity contribution < 1.29 is 8.42 Å². The van der Waals surface area contributed by atoms with Crippen LogP contribution in [0.4, 0.5) is 0 Å². The minimum atomic E-state index is -3.55. The molecule has 0 spiro atoms. The first kappa shape index (κ1) is 24.8. The fraction of sp³-hybridized carbons (Fsp3) is 0.533. The predicted molar refractivity (Wildman–Crippen MR) is 119 cm³/mol. The lowest BCUT2D eigenvalue weighted by Gasteiger charge is -2.12. The first-order valence-electron chi connectivity index (χ1n) is 7.68. The van der Waals surface area contributed by atoms with Crippen LogP contribution in [0.15, 0.2) is 34.2 Å². The summed E-state index contributed by atoms with van der Waals surface area (Å²) in [6.07, 6.45) is 4.33. The Balaban J connectivity index is 0.00000576. The van der Waals surface area contributed by atoms with E-state index in [1.54, 1.807) is 19.2 Å². The van der Waals surface area contributed by atoms with E-state index in [1.165, 1.54) is 12.1 Å². The van der Waals surface area contributed by atoms with Gasteiger partial charge in [0.1, 0.15) is 0 Å². The number of aliphatic imine (C=N–C) groups is 1. The van der Waals surface area contributed by atoms with Crippen molar-refractivity contribution in [2.75, 3.05) is 38.7 Å². The first-order chi connectivity index (χ1) is 11.5. The minimum Gasteiger partial charge on any atom is -0.356 e. The quantitative estimate of drug-likeness (QED) is 0.191. The van der Waals surface area contributed by atoms with E-state index in [4.69, 9.17) is 11.6 Å². The lowest BCUT2D eigenvalue weighted by Crippen LogP contribution is -2.41. The number of halogens is 2. The number of hydrogen-bond acceptors (Lipinski definition) is 4. The molecular formula is C15H26ClIN4O2S2. The third-order valence-corrected chi connectivity index (χ3v) is 5.50. The second kappa shape index (κ2) is 13.9. The van der Waals surface area contributed by atoms with Crippen molar-refractivity contribution in [2.45, 2.75) is 17.7 Å². The van der Waals surface area contributed by atoms with E-state index in [1.807, 2.05) is 11.8 Å². The second-order valence-corrected chi connectivity index (χ2v) is 8.17. The molecule has 0 amide bonds. The van der Waals surface area contributed by atoms with Crippen LogP contribution in [0.3, 0.4) is 0 Å². The van der Waals surface area contributed by atoms with Crippen molar-refractivity contribution in [2.24, 2.45) is 4.99 Å². The van der Waals surface area contributed by atoms with Crippen LogP contribution in [0, 0.1) is 0 Å². The van der Waals surface area contributed by atoms with Gasteiger partial charge in [-0.25, -0.2) is 13.1 Å². The average molecular weight is 521 g/mol. The molecule has 0 atom stereocenters. The molecule has 6 nitrogen and oxygen atoms in total. The molecule has 0 radical (unpaired) electrons. The summed E-state index contributed by atoms with van der Waals surface area (Å²) in [6, 6.07) is 6.18. The van der Waals surface area contributed by atoms with E-state index in [-0.39, 0.29) is 35.4 Å². The zero-order chi connectivity index (χ0) is 17.8. The third kappa shape index (κ3) is 10.5. The largest absolute Gasteiger partial charge is 0.356 e. The summed E-state index contributed by atoms with van der Waals surface area (Å²) in [6.45, 7) is 1.53. The summed E-state index contributed by atoms with van der Waals surface area (Å²) in [5, 5.41) is 6.67. The molecule has 0 heterocycles. The molecule has 0 saturated heterocycles. The summed E-state index contributed by atoms with van der Waals surface area (Å²) in [5.41, 5.74) is 0. The summed E-state index contributed by atoms with van der Waals surface area (Å²) in [7, 11) is -1.86. The Labute approximate surface area is 177 Å². The zero-order valence-electron chi connectivity index (χ0n) is 14.4. The van der Waals surface area contributed by atoms with Crippen LogP contribution in [0.1, 0.15) is 12.8 Å². The standard InChI is InChI=1S/C15H25ClN4O2S2.HI/c1-17-15(18-8-3-4-11-23-2)19-9-10-20-24(21,22)14-7-5-6-13(16)12-14;/h5-7,12,20H,3-4,8-11H2,1-2H3,(H2,17,18,19);1H. The predicted octanol–water partition coefficient (Wildman–Crippen LogP) is 2.54. The molecule has 0 aliphatic rings. The van der Waals surface area contributed by atoms with Gasteiger partial charge in [-0.15, -0.1) is 24.0 Å². The molecule has 0 fully saturated rings. The van der Waals surface area contributed by atoms with Gasteiger partial charge in [0.15, 0.2) is 5.96 Å². The van der Waals surface area contributed by atoms with Crippen LogP contribution in [-0.4, -0.2) is 53.1 Å². The molecule has 0 aromatic heterocycles. The second-order valence-electron chi connectivity index (χ2n) is 4.98. The molecular weight excluding hydrogens is 495 g/mol. The molecule has 10 heteroatoms. The molecule has 3 N–H and O–H groups in total. The van der Waals surface area contributed by atoms with Crippen molar-refractivity contribution >= 4 is 63.3 Å². The smallest absolute Gasteiger partial charge is 0.240 e. The Bertz CT molecular complexity index is 630. The number of guanidine groups is 1. The van der Waals surface area contributed by atoms with E-state index in [0.717, 1.165) is 25.1 Å². The number of unbranched alkanes of at least 4 members (excludes halogenated alkanes) is 1. The lowest BCUT2D eigenvalue weighted by molar-refractivity contribution is 0.580. The maximum Gasteiger partial charge on any atom is 0.240 e. The van der Waals surface area contributed by atoms with E-state index in [9.17, 15) is 8.42 Å². The Morgan fingerprint density at radius 2 is 1.92 bits per heavy atom. The van der Waals surface area contributed by atoms with E-state index in [0.29, 0.717) is 17.5 Å². The van der Waals surface area contributed by atoms with Gasteiger partial charge in [-0.05, 0) is 43.0 Å². The topological polar surface area (TPSA) is 82.6 Å². The molecule has 1 aromatic rings. The Hall–Kier alpha value is -0.230. The van der Waals surface area contributed by atoms with Crippen LogP contribution >= 0.6 is 47.3 Å². The molecule has 25 heavy (non-hydrogen) atoms. The van der Waals surface area contributed by atoms with Gasteiger partial charge in [0.05, 0.1) is 4.90 Å². The Morgan fingerprint density at radius 1 is 1.20 bits per heavy atom. The maximum atomic E-state index is 12.1. The van der Waals surface area contributed by atoms with Crippen LogP contribution in [0.2, 0.25) is 5.02 Å². The normalized spacial score (nSPS) is 11.7. The highest BCUT2D eigenvalue weighted by Crippen LogP contribution is 2.14. The molecule has 1 aromatic carbocycles. The summed E-state index contributed by atoms with van der Waals surface area (Å²) in [5.74, 6) is 1.82. The van der Waals surface area contributed by atoms with Gasteiger partial charge >= 0.3 is 0 Å². The van der Waals surface area contributed by atoms with Crippen molar-refractivity contribution in [3.05, 3.63) is 29.3 Å². The van der Waals surface area contributed by atoms with Crippen molar-refractivity contribution in [3.63, 3.8) is 0 Å². The highest BCUT2D eigenvalue weighted by atomic mass is 127. The van der Waals surface area contributed by atoms with Crippen LogP contribution in [0.5, 0.6) is 0 Å². The highest BCUT2D eigenvalue weighted by molar-refractivity contribution is 14.0. The Kier molecular flexibility index (Phi) is 13.8. The summed E-state index contributed by atoms with van der Waals surface area (Å²) in [4.78, 5) is 4.26. The van der Waals surface area contributed by atoms with Gasteiger partial charge in [-0.3, -0.25) is 4.99 Å². The maximum absolute atomic E-state index is 12.1. The number of nitrogens with zero attached hydrogens (tertiary/aromatic N) is 1. The number of hydrogen-bond donors (Lipinski definition) is 3. The SMILES string of the molecule is CN=C(NCCCCSC)NCCNS(=O)(=O)c1cccc(Cl)c1.I. The van der Waals surface area contributed by atoms with Gasteiger partial charge in [-0.2, -0.15) is 11.8 Å². The summed E-state index contributed by atoms with van der Waals surface area (Å²) < 4.78 is 26.8. The number of benzene rings is 1. The molecule has 0 saturated carbocycles. The van der Waals surface area contributed by atoms with Gasteiger partial charge in [-0.1, -0.05) is 17.7 Å². The van der Waals surface area contributed by atoms with E-state index < -0.39 is 10.0 Å². The molecule has 144 valence electrons. The van der Waals surface area contributed by atoms with Gasteiger partial charge in [0.2, 0.25) is 10.0 Å². The average Bonchev–Trinajstić information content (AvgIpc) is 2.56. The van der Waals surface area contributed by atoms with Gasteiger partial charge in [0, 0.05) is 31.7 Å². The zero-order valence-corrected chi connectivity index (χ0v) is 19.1. The van der Waals surface area contributed by atoms with Crippen molar-refractivity contribution in [1.82, 2.24) is 15.4 Å². The van der Waals surface area contributed by atoms with Crippen molar-refractivity contribution in [3.8, 4) is 0 Å². The molecule has 1 rings (SSSR count). The molecule has 0 aliphatic carbocycles. The van der Waals surface area contributed by atoms with Crippen molar-refractivity contribution in [1.29, 1.82) is 0 Å². The van der Waals surface area contributed by atoms with Crippen LogP contribution in [0.25, 0.3) is 0 Å². The Morgan fingerprint density at radius 3 is 2.56 bits per heavy atom. The van der Waals surface area contributed by atoms with Gasteiger partial charge in [0.25, 0.3) is 0 Å². The third-order valence-electron chi connectivity index (χ3n) is 3.11. The van der Waals surface area contributed by atoms with E-state index in [2.05, 4.69) is 26.6 Å². The van der Waals surface area contributed by atoms with E-state index >= 15 is 0 Å². The summed E-state index contributed by atoms with van der Waals surface area (Å²) >= 11 is 7.66. The molecule has 0 unspecified atom stereocenters. The number of thioether (sulfide) groups is 1.